The van der Waals surface area contributed by atoms with Crippen LogP contribution in [0.1, 0.15) is 61.0 Å². The SMILES string of the molecule is CC(C)c1ccc(C(=O)Nc2ccc3c(c2)OCO3)c(C(C)C)c1. The van der Waals surface area contributed by atoms with Gasteiger partial charge in [0.15, 0.2) is 11.5 Å². The van der Waals surface area contributed by atoms with E-state index in [0.717, 1.165) is 5.56 Å². The fraction of sp³-hybridized carbons (Fsp3) is 0.350. The van der Waals surface area contributed by atoms with E-state index in [1.807, 2.05) is 24.3 Å². The van der Waals surface area contributed by atoms with Gasteiger partial charge in [0.25, 0.3) is 5.91 Å². The first-order valence-corrected chi connectivity index (χ1v) is 8.30. The van der Waals surface area contributed by atoms with Crippen LogP contribution in [0.4, 0.5) is 5.69 Å². The predicted octanol–water partition coefficient (Wildman–Crippen LogP) is 4.91. The highest BCUT2D eigenvalue weighted by Gasteiger charge is 2.18. The lowest BCUT2D eigenvalue weighted by atomic mass is 9.91. The molecule has 0 unspecified atom stereocenters. The van der Waals surface area contributed by atoms with Crippen LogP contribution in [-0.2, 0) is 0 Å². The van der Waals surface area contributed by atoms with Gasteiger partial charge >= 0.3 is 0 Å². The highest BCUT2D eigenvalue weighted by atomic mass is 16.7. The average Bonchev–Trinajstić information content (AvgIpc) is 3.01. The molecule has 1 aliphatic heterocycles. The number of benzene rings is 2. The molecule has 0 aromatic heterocycles. The topological polar surface area (TPSA) is 47.6 Å². The van der Waals surface area contributed by atoms with E-state index in [1.165, 1.54) is 5.56 Å². The third kappa shape index (κ3) is 3.23. The summed E-state index contributed by atoms with van der Waals surface area (Å²) in [6, 6.07) is 11.5. The molecular formula is C20H23NO3. The van der Waals surface area contributed by atoms with Crippen molar-refractivity contribution in [3.05, 3.63) is 53.1 Å². The summed E-state index contributed by atoms with van der Waals surface area (Å²) in [5.41, 5.74) is 3.73. The lowest BCUT2D eigenvalue weighted by Gasteiger charge is -2.16. The van der Waals surface area contributed by atoms with Crippen LogP contribution in [0.25, 0.3) is 0 Å². The summed E-state index contributed by atoms with van der Waals surface area (Å²) in [6.07, 6.45) is 0. The van der Waals surface area contributed by atoms with Crippen LogP contribution in [0, 0.1) is 0 Å². The zero-order chi connectivity index (χ0) is 17.3. The Morgan fingerprint density at radius 2 is 1.71 bits per heavy atom. The second-order valence-corrected chi connectivity index (χ2v) is 6.68. The minimum atomic E-state index is -0.104. The molecule has 0 atom stereocenters. The summed E-state index contributed by atoms with van der Waals surface area (Å²) in [7, 11) is 0. The van der Waals surface area contributed by atoms with Gasteiger partial charge < -0.3 is 14.8 Å². The zero-order valence-corrected chi connectivity index (χ0v) is 14.6. The molecule has 1 amide bonds. The number of ether oxygens (including phenoxy) is 2. The maximum Gasteiger partial charge on any atom is 0.255 e. The lowest BCUT2D eigenvalue weighted by Crippen LogP contribution is -2.15. The monoisotopic (exact) mass is 325 g/mol. The first-order valence-electron chi connectivity index (χ1n) is 8.30. The molecule has 1 N–H and O–H groups in total. The van der Waals surface area contributed by atoms with Crippen molar-refractivity contribution in [2.24, 2.45) is 0 Å². The van der Waals surface area contributed by atoms with Crippen LogP contribution < -0.4 is 14.8 Å². The number of fused-ring (bicyclic) bond motifs is 1. The Labute approximate surface area is 142 Å². The molecular weight excluding hydrogens is 302 g/mol. The molecule has 4 nitrogen and oxygen atoms in total. The second-order valence-electron chi connectivity index (χ2n) is 6.68. The molecule has 2 aromatic carbocycles. The van der Waals surface area contributed by atoms with Crippen molar-refractivity contribution in [2.45, 2.75) is 39.5 Å². The molecule has 4 heteroatoms. The highest BCUT2D eigenvalue weighted by Crippen LogP contribution is 2.34. The first kappa shape index (κ1) is 16.4. The minimum absolute atomic E-state index is 0.104. The van der Waals surface area contributed by atoms with Crippen molar-refractivity contribution >= 4 is 11.6 Å². The van der Waals surface area contributed by atoms with E-state index in [9.17, 15) is 4.79 Å². The second kappa shape index (κ2) is 6.56. The van der Waals surface area contributed by atoms with Crippen molar-refractivity contribution in [3.8, 4) is 11.5 Å². The fourth-order valence-corrected chi connectivity index (χ4v) is 2.80. The van der Waals surface area contributed by atoms with Gasteiger partial charge in [0.05, 0.1) is 0 Å². The van der Waals surface area contributed by atoms with E-state index in [0.29, 0.717) is 28.7 Å². The average molecular weight is 325 g/mol. The molecule has 1 heterocycles. The highest BCUT2D eigenvalue weighted by molar-refractivity contribution is 6.05. The zero-order valence-electron chi connectivity index (χ0n) is 14.6. The lowest BCUT2D eigenvalue weighted by molar-refractivity contribution is 0.102. The number of rotatable bonds is 4. The smallest absolute Gasteiger partial charge is 0.255 e. The number of amides is 1. The minimum Gasteiger partial charge on any atom is -0.454 e. The summed E-state index contributed by atoms with van der Waals surface area (Å²) in [6.45, 7) is 8.76. The molecule has 24 heavy (non-hydrogen) atoms. The molecule has 3 rings (SSSR count). The number of hydrogen-bond acceptors (Lipinski definition) is 3. The Hall–Kier alpha value is -2.49. The van der Waals surface area contributed by atoms with Crippen LogP contribution in [0.3, 0.4) is 0 Å². The van der Waals surface area contributed by atoms with Gasteiger partial charge in [0.1, 0.15) is 0 Å². The molecule has 2 aromatic rings. The number of nitrogens with one attached hydrogen (secondary N) is 1. The Bertz CT molecular complexity index is 765. The molecule has 0 spiro atoms. The Balaban J connectivity index is 1.87. The molecule has 0 aliphatic carbocycles. The number of carbonyl (C=O) groups is 1. The van der Waals surface area contributed by atoms with Gasteiger partial charge in [-0.25, -0.2) is 0 Å². The van der Waals surface area contributed by atoms with Gasteiger partial charge in [-0.3, -0.25) is 4.79 Å². The molecule has 0 saturated carbocycles. The van der Waals surface area contributed by atoms with Gasteiger partial charge in [-0.05, 0) is 41.2 Å². The van der Waals surface area contributed by atoms with Crippen molar-refractivity contribution in [1.82, 2.24) is 0 Å². The third-order valence-electron chi connectivity index (χ3n) is 4.24. The summed E-state index contributed by atoms with van der Waals surface area (Å²) in [5.74, 6) is 1.98. The molecule has 0 bridgehead atoms. The molecule has 0 radical (unpaired) electrons. The normalized spacial score (nSPS) is 12.8. The quantitative estimate of drug-likeness (QED) is 0.868. The largest absolute Gasteiger partial charge is 0.454 e. The molecule has 0 saturated heterocycles. The summed E-state index contributed by atoms with van der Waals surface area (Å²) < 4.78 is 10.7. The number of hydrogen-bond donors (Lipinski definition) is 1. The van der Waals surface area contributed by atoms with Crippen LogP contribution >= 0.6 is 0 Å². The maximum absolute atomic E-state index is 12.7. The Morgan fingerprint density at radius 1 is 0.958 bits per heavy atom. The van der Waals surface area contributed by atoms with Gasteiger partial charge in [0.2, 0.25) is 6.79 Å². The van der Waals surface area contributed by atoms with E-state index in [2.05, 4.69) is 39.1 Å². The van der Waals surface area contributed by atoms with E-state index in [4.69, 9.17) is 9.47 Å². The van der Waals surface area contributed by atoms with E-state index >= 15 is 0 Å². The standard InChI is InChI=1S/C20H23NO3/c1-12(2)14-5-7-16(17(9-14)13(3)4)20(22)21-15-6-8-18-19(10-15)24-11-23-18/h5-10,12-13H,11H2,1-4H3,(H,21,22). The van der Waals surface area contributed by atoms with Crippen molar-refractivity contribution in [3.63, 3.8) is 0 Å². The van der Waals surface area contributed by atoms with Gasteiger partial charge in [-0.1, -0.05) is 39.8 Å². The van der Waals surface area contributed by atoms with Gasteiger partial charge in [-0.2, -0.15) is 0 Å². The summed E-state index contributed by atoms with van der Waals surface area (Å²) in [5, 5.41) is 2.96. The Kier molecular flexibility index (Phi) is 4.47. The van der Waals surface area contributed by atoms with Crippen LogP contribution in [0.15, 0.2) is 36.4 Å². The van der Waals surface area contributed by atoms with Crippen molar-refractivity contribution in [2.75, 3.05) is 12.1 Å². The number of anilines is 1. The Morgan fingerprint density at radius 3 is 2.42 bits per heavy atom. The molecule has 0 fully saturated rings. The first-order chi connectivity index (χ1) is 11.5. The van der Waals surface area contributed by atoms with Crippen molar-refractivity contribution in [1.29, 1.82) is 0 Å². The molecule has 1 aliphatic rings. The predicted molar refractivity (Wildman–Crippen MR) is 95.1 cm³/mol. The van der Waals surface area contributed by atoms with E-state index in [-0.39, 0.29) is 18.6 Å². The summed E-state index contributed by atoms with van der Waals surface area (Å²) >= 11 is 0. The van der Waals surface area contributed by atoms with Gasteiger partial charge in [-0.15, -0.1) is 0 Å². The summed E-state index contributed by atoms with van der Waals surface area (Å²) in [4.78, 5) is 12.7. The van der Waals surface area contributed by atoms with Crippen LogP contribution in [0.2, 0.25) is 0 Å². The van der Waals surface area contributed by atoms with Crippen LogP contribution in [0.5, 0.6) is 11.5 Å². The maximum atomic E-state index is 12.7. The van der Waals surface area contributed by atoms with Crippen LogP contribution in [-0.4, -0.2) is 12.7 Å². The molecule has 126 valence electrons. The third-order valence-corrected chi connectivity index (χ3v) is 4.24. The number of carbonyl (C=O) groups excluding carboxylic acids is 1. The fourth-order valence-electron chi connectivity index (χ4n) is 2.80. The van der Waals surface area contributed by atoms with E-state index in [1.54, 1.807) is 6.07 Å². The van der Waals surface area contributed by atoms with Gasteiger partial charge in [0, 0.05) is 17.3 Å². The van der Waals surface area contributed by atoms with Crippen molar-refractivity contribution < 1.29 is 14.3 Å². The van der Waals surface area contributed by atoms with E-state index < -0.39 is 0 Å².